The predicted molar refractivity (Wildman–Crippen MR) is 185 cm³/mol. The van der Waals surface area contributed by atoms with E-state index in [1.165, 1.54) is 0 Å². The van der Waals surface area contributed by atoms with Crippen LogP contribution in [0.2, 0.25) is 0 Å². The monoisotopic (exact) mass is 648 g/mol. The number of nitrogens with zero attached hydrogens (tertiary/aromatic N) is 5. The molecule has 0 atom stereocenters. The van der Waals surface area contributed by atoms with Crippen LogP contribution in [0.4, 0.5) is 11.4 Å². The van der Waals surface area contributed by atoms with Gasteiger partial charge in [0.2, 0.25) is 11.8 Å². The molecule has 0 unspecified atom stereocenters. The van der Waals surface area contributed by atoms with Crippen molar-refractivity contribution in [1.82, 2.24) is 19.9 Å². The number of hydrogen-bond donors (Lipinski definition) is 1. The van der Waals surface area contributed by atoms with Crippen molar-refractivity contribution >= 4 is 34.2 Å². The summed E-state index contributed by atoms with van der Waals surface area (Å²) >= 11 is 0. The van der Waals surface area contributed by atoms with Gasteiger partial charge in [-0.1, -0.05) is 0 Å². The maximum absolute atomic E-state index is 13.2. The maximum atomic E-state index is 13.2. The molecule has 0 aliphatic carbocycles. The molecule has 248 valence electrons. The second-order valence-corrected chi connectivity index (χ2v) is 12.4. The van der Waals surface area contributed by atoms with Gasteiger partial charge in [0, 0.05) is 75.2 Å². The molecule has 1 aliphatic heterocycles. The molecule has 0 saturated carbocycles. The number of amides is 2. The van der Waals surface area contributed by atoms with Crippen molar-refractivity contribution in [2.45, 2.75) is 46.7 Å². The van der Waals surface area contributed by atoms with Gasteiger partial charge in [-0.2, -0.15) is 0 Å². The van der Waals surface area contributed by atoms with Crippen LogP contribution >= 0.6 is 0 Å². The van der Waals surface area contributed by atoms with Gasteiger partial charge in [-0.15, -0.1) is 0 Å². The lowest BCUT2D eigenvalue weighted by atomic mass is 9.90. The summed E-state index contributed by atoms with van der Waals surface area (Å²) < 4.78 is 13.6. The van der Waals surface area contributed by atoms with E-state index >= 15 is 0 Å². The van der Waals surface area contributed by atoms with Crippen LogP contribution in [0.25, 0.3) is 22.3 Å². The average molecular weight is 649 g/mol. The lowest BCUT2D eigenvalue weighted by molar-refractivity contribution is -0.137. The SMILES string of the molecule is CCN1C(=O)C(C)(C)C(=O)N(C)c2cc(OCCCNCc3ccnc(CCn4ccc5oc(-c6cccnc6)cc5c4=O)c3)ccc21. The molecule has 48 heavy (non-hydrogen) atoms. The Kier molecular flexibility index (Phi) is 9.40. The Morgan fingerprint density at radius 2 is 1.83 bits per heavy atom. The van der Waals surface area contributed by atoms with E-state index in [1.54, 1.807) is 66.1 Å². The zero-order valence-electron chi connectivity index (χ0n) is 27.7. The van der Waals surface area contributed by atoms with Crippen LogP contribution in [-0.2, 0) is 29.1 Å². The van der Waals surface area contributed by atoms with Crippen LogP contribution in [-0.4, -0.2) is 53.1 Å². The number of nitrogens with one attached hydrogen (secondary N) is 1. The second-order valence-electron chi connectivity index (χ2n) is 12.4. The number of aryl methyl sites for hydroxylation is 2. The highest BCUT2D eigenvalue weighted by Crippen LogP contribution is 2.40. The van der Waals surface area contributed by atoms with Gasteiger partial charge in [0.1, 0.15) is 22.5 Å². The molecule has 5 heterocycles. The van der Waals surface area contributed by atoms with Crippen LogP contribution in [0.5, 0.6) is 5.75 Å². The van der Waals surface area contributed by atoms with Gasteiger partial charge in [-0.05, 0) is 87.8 Å². The van der Waals surface area contributed by atoms with Gasteiger partial charge in [0.15, 0.2) is 0 Å². The van der Waals surface area contributed by atoms with E-state index in [2.05, 4.69) is 21.4 Å². The Bertz CT molecular complexity index is 2000. The summed E-state index contributed by atoms with van der Waals surface area (Å²) in [5.74, 6) is 0.814. The first-order valence-electron chi connectivity index (χ1n) is 16.2. The zero-order valence-corrected chi connectivity index (χ0v) is 27.7. The molecule has 0 radical (unpaired) electrons. The summed E-state index contributed by atoms with van der Waals surface area (Å²) in [7, 11) is 1.70. The summed E-state index contributed by atoms with van der Waals surface area (Å²) in [4.78, 5) is 51.2. The Hall–Kier alpha value is -5.29. The molecular weight excluding hydrogens is 608 g/mol. The van der Waals surface area contributed by atoms with E-state index in [9.17, 15) is 14.4 Å². The van der Waals surface area contributed by atoms with Crippen LogP contribution in [0.1, 0.15) is 38.4 Å². The van der Waals surface area contributed by atoms with Crippen LogP contribution < -0.4 is 25.4 Å². The first-order chi connectivity index (χ1) is 23.2. The third-order valence-electron chi connectivity index (χ3n) is 8.72. The molecule has 1 N–H and O–H groups in total. The lowest BCUT2D eigenvalue weighted by Crippen LogP contribution is -2.47. The number of pyridine rings is 3. The molecule has 0 saturated heterocycles. The number of carbonyl (C=O) groups excluding carboxylic acids is 2. The molecule has 11 nitrogen and oxygen atoms in total. The van der Waals surface area contributed by atoms with Gasteiger partial charge >= 0.3 is 0 Å². The third kappa shape index (κ3) is 6.59. The van der Waals surface area contributed by atoms with Crippen LogP contribution in [0.3, 0.4) is 0 Å². The van der Waals surface area contributed by atoms with Crippen molar-refractivity contribution in [2.24, 2.45) is 5.41 Å². The summed E-state index contributed by atoms with van der Waals surface area (Å²) in [6.45, 7) is 8.13. The molecule has 4 aromatic heterocycles. The number of rotatable bonds is 12. The zero-order chi connectivity index (χ0) is 33.8. The number of fused-ring (bicyclic) bond motifs is 2. The van der Waals surface area contributed by atoms with Gasteiger partial charge in [0.25, 0.3) is 5.56 Å². The van der Waals surface area contributed by atoms with Crippen molar-refractivity contribution in [3.63, 3.8) is 0 Å². The number of aromatic nitrogens is 3. The van der Waals surface area contributed by atoms with Crippen molar-refractivity contribution in [1.29, 1.82) is 0 Å². The molecule has 6 rings (SSSR count). The summed E-state index contributed by atoms with van der Waals surface area (Å²) in [5.41, 5.74) is 3.52. The molecule has 0 bridgehead atoms. The Balaban J connectivity index is 0.989. The minimum atomic E-state index is -1.15. The fraction of sp³-hybridized carbons (Fsp3) is 0.324. The standard InChI is InChI=1S/C37H40N6O5/c1-5-43-30-10-9-28(21-31(30)41(4)35(45)37(2,3)36(43)46)47-19-7-15-38-23-25-11-16-40-27(20-25)12-17-42-18-13-32-29(34(42)44)22-33(48-32)26-8-6-14-39-24-26/h6,8-11,13-14,16,18,20-22,24,38H,5,7,12,15,17,19,23H2,1-4H3. The smallest absolute Gasteiger partial charge is 0.261 e. The van der Waals surface area contributed by atoms with E-state index in [0.29, 0.717) is 66.5 Å². The first kappa shape index (κ1) is 32.6. The van der Waals surface area contributed by atoms with E-state index in [0.717, 1.165) is 29.8 Å². The number of benzene rings is 1. The average Bonchev–Trinajstić information content (AvgIpc) is 3.54. The first-order valence-corrected chi connectivity index (χ1v) is 16.2. The van der Waals surface area contributed by atoms with Crippen molar-refractivity contribution in [2.75, 3.05) is 36.5 Å². The van der Waals surface area contributed by atoms with E-state index in [4.69, 9.17) is 9.15 Å². The van der Waals surface area contributed by atoms with E-state index in [1.807, 2.05) is 49.4 Å². The molecule has 0 spiro atoms. The highest BCUT2D eigenvalue weighted by molar-refractivity contribution is 6.20. The molecular formula is C37H40N6O5. The highest BCUT2D eigenvalue weighted by Gasteiger charge is 2.45. The fourth-order valence-corrected chi connectivity index (χ4v) is 6.00. The van der Waals surface area contributed by atoms with Crippen LogP contribution in [0, 0.1) is 5.41 Å². The van der Waals surface area contributed by atoms with Gasteiger partial charge in [-0.25, -0.2) is 0 Å². The van der Waals surface area contributed by atoms with E-state index < -0.39 is 5.41 Å². The van der Waals surface area contributed by atoms with Gasteiger partial charge in [-0.3, -0.25) is 24.4 Å². The number of furan rings is 1. The number of hydrogen-bond acceptors (Lipinski definition) is 8. The Labute approximate surface area is 279 Å². The summed E-state index contributed by atoms with van der Waals surface area (Å²) in [6.07, 6.45) is 8.36. The van der Waals surface area contributed by atoms with Crippen molar-refractivity contribution < 1.29 is 18.7 Å². The minimum Gasteiger partial charge on any atom is -0.493 e. The maximum Gasteiger partial charge on any atom is 0.261 e. The van der Waals surface area contributed by atoms with Gasteiger partial charge < -0.3 is 28.8 Å². The minimum absolute atomic E-state index is 0.0974. The largest absolute Gasteiger partial charge is 0.493 e. The summed E-state index contributed by atoms with van der Waals surface area (Å²) in [6, 6.07) is 16.9. The third-order valence-corrected chi connectivity index (χ3v) is 8.72. The molecule has 1 aliphatic rings. The molecule has 1 aromatic carbocycles. The van der Waals surface area contributed by atoms with Crippen molar-refractivity contribution in [3.8, 4) is 17.1 Å². The van der Waals surface area contributed by atoms with Crippen LogP contribution in [0.15, 0.2) is 88.6 Å². The fourth-order valence-electron chi connectivity index (χ4n) is 6.00. The highest BCUT2D eigenvalue weighted by atomic mass is 16.5. The lowest BCUT2D eigenvalue weighted by Gasteiger charge is -2.27. The summed E-state index contributed by atoms with van der Waals surface area (Å²) in [5, 5.41) is 4.00. The second kappa shape index (κ2) is 13.8. The number of carbonyl (C=O) groups is 2. The van der Waals surface area contributed by atoms with E-state index in [-0.39, 0.29) is 17.4 Å². The normalized spacial score (nSPS) is 14.3. The Morgan fingerprint density at radius 1 is 0.979 bits per heavy atom. The molecule has 2 amide bonds. The molecule has 11 heteroatoms. The Morgan fingerprint density at radius 3 is 2.62 bits per heavy atom. The number of ether oxygens (including phenoxy) is 1. The van der Waals surface area contributed by atoms with Crippen molar-refractivity contribution in [3.05, 3.63) is 101 Å². The molecule has 0 fully saturated rings. The quantitative estimate of drug-likeness (QED) is 0.145. The number of anilines is 2. The van der Waals surface area contributed by atoms with Gasteiger partial charge in [0.05, 0.1) is 23.4 Å². The topological polar surface area (TPSA) is 123 Å². The predicted octanol–water partition coefficient (Wildman–Crippen LogP) is 5.21. The molecule has 5 aromatic rings.